The fraction of sp³-hybridized carbons (Fsp3) is 0.714. The monoisotopic (exact) mass is 560 g/mol. The molecule has 5 heteroatoms. The summed E-state index contributed by atoms with van der Waals surface area (Å²) in [6.07, 6.45) is 37.3. The summed E-state index contributed by atoms with van der Waals surface area (Å²) >= 11 is 0. The van der Waals surface area contributed by atoms with Crippen LogP contribution in [-0.2, 0) is 19.1 Å². The van der Waals surface area contributed by atoms with E-state index in [1.807, 2.05) is 0 Å². The van der Waals surface area contributed by atoms with E-state index in [4.69, 9.17) is 9.47 Å². The number of esters is 2. The van der Waals surface area contributed by atoms with Gasteiger partial charge in [0.2, 0.25) is 0 Å². The normalized spacial score (nSPS) is 12.8. The first kappa shape index (κ1) is 37.9. The number of aliphatic hydroxyl groups excluding tert-OH is 1. The van der Waals surface area contributed by atoms with Crippen LogP contribution in [0.2, 0.25) is 0 Å². The van der Waals surface area contributed by atoms with E-state index in [0.717, 1.165) is 77.0 Å². The average Bonchev–Trinajstić information content (AvgIpc) is 2.96. The third-order valence-corrected chi connectivity index (χ3v) is 6.61. The lowest BCUT2D eigenvalue weighted by atomic mass is 10.1. The first-order valence-corrected chi connectivity index (χ1v) is 16.2. The van der Waals surface area contributed by atoms with E-state index in [-0.39, 0.29) is 25.2 Å². The molecule has 0 aliphatic carbocycles. The van der Waals surface area contributed by atoms with Crippen LogP contribution >= 0.6 is 0 Å². The second-order valence-corrected chi connectivity index (χ2v) is 10.5. The second-order valence-electron chi connectivity index (χ2n) is 10.5. The topological polar surface area (TPSA) is 72.8 Å². The molecule has 0 fully saturated rings. The van der Waals surface area contributed by atoms with Crippen molar-refractivity contribution >= 4 is 11.9 Å². The summed E-state index contributed by atoms with van der Waals surface area (Å²) in [7, 11) is 0. The van der Waals surface area contributed by atoms with Crippen molar-refractivity contribution < 1.29 is 24.2 Å². The maximum Gasteiger partial charge on any atom is 0.306 e. The largest absolute Gasteiger partial charge is 0.462 e. The van der Waals surface area contributed by atoms with Gasteiger partial charge >= 0.3 is 11.9 Å². The highest BCUT2D eigenvalue weighted by Crippen LogP contribution is 2.11. The van der Waals surface area contributed by atoms with Crippen LogP contribution in [0.1, 0.15) is 142 Å². The molecule has 1 unspecified atom stereocenters. The van der Waals surface area contributed by atoms with Crippen molar-refractivity contribution in [2.45, 2.75) is 148 Å². The zero-order valence-corrected chi connectivity index (χ0v) is 25.8. The number of ether oxygens (including phenoxy) is 2. The van der Waals surface area contributed by atoms with Gasteiger partial charge in [0.25, 0.3) is 0 Å². The molecule has 0 radical (unpaired) electrons. The van der Waals surface area contributed by atoms with E-state index in [1.165, 1.54) is 38.5 Å². The highest BCUT2D eigenvalue weighted by molar-refractivity contribution is 5.70. The van der Waals surface area contributed by atoms with Crippen molar-refractivity contribution in [3.05, 3.63) is 48.6 Å². The van der Waals surface area contributed by atoms with Gasteiger partial charge in [0.1, 0.15) is 6.61 Å². The van der Waals surface area contributed by atoms with Gasteiger partial charge in [0, 0.05) is 12.8 Å². The van der Waals surface area contributed by atoms with Crippen molar-refractivity contribution in [1.29, 1.82) is 0 Å². The molecule has 0 aromatic rings. The van der Waals surface area contributed by atoms with Crippen molar-refractivity contribution in [1.82, 2.24) is 0 Å². The number of aliphatic hydroxyl groups is 1. The molecule has 0 bridgehead atoms. The molecule has 0 aromatic carbocycles. The lowest BCUT2D eigenvalue weighted by Gasteiger charge is -2.15. The van der Waals surface area contributed by atoms with Crippen LogP contribution in [-0.4, -0.2) is 36.4 Å². The third-order valence-electron chi connectivity index (χ3n) is 6.61. The summed E-state index contributed by atoms with van der Waals surface area (Å²) in [5, 5.41) is 9.48. The number of carbonyl (C=O) groups is 2. The Morgan fingerprint density at radius 3 is 1.65 bits per heavy atom. The van der Waals surface area contributed by atoms with E-state index in [0.29, 0.717) is 12.8 Å². The molecule has 0 heterocycles. The third kappa shape index (κ3) is 28.9. The number of rotatable bonds is 28. The molecule has 0 aliphatic heterocycles. The van der Waals surface area contributed by atoms with Gasteiger partial charge in [0.15, 0.2) is 6.10 Å². The number of allylic oxidation sites excluding steroid dienone is 8. The van der Waals surface area contributed by atoms with Crippen LogP contribution in [0.25, 0.3) is 0 Å². The first-order chi connectivity index (χ1) is 19.6. The zero-order chi connectivity index (χ0) is 29.4. The molecule has 0 saturated heterocycles. The predicted molar refractivity (Wildman–Crippen MR) is 168 cm³/mol. The molecule has 0 rings (SSSR count). The number of hydrogen-bond donors (Lipinski definition) is 1. The summed E-state index contributed by atoms with van der Waals surface area (Å²) in [6.45, 7) is 3.94. The number of unbranched alkanes of at least 4 members (excludes halogenated alkanes) is 12. The predicted octanol–water partition coefficient (Wildman–Crippen LogP) is 9.50. The Morgan fingerprint density at radius 1 is 0.600 bits per heavy atom. The Hall–Kier alpha value is -2.14. The molecule has 5 nitrogen and oxygen atoms in total. The second kappa shape index (κ2) is 31.4. The lowest BCUT2D eigenvalue weighted by Crippen LogP contribution is -2.28. The highest BCUT2D eigenvalue weighted by atomic mass is 16.6. The molecule has 0 spiro atoms. The Morgan fingerprint density at radius 2 is 1.07 bits per heavy atom. The van der Waals surface area contributed by atoms with Crippen LogP contribution < -0.4 is 0 Å². The molecule has 230 valence electrons. The van der Waals surface area contributed by atoms with E-state index in [2.05, 4.69) is 62.5 Å². The van der Waals surface area contributed by atoms with Gasteiger partial charge in [-0.3, -0.25) is 9.59 Å². The summed E-state index contributed by atoms with van der Waals surface area (Å²) in [6, 6.07) is 0. The molecular weight excluding hydrogens is 500 g/mol. The van der Waals surface area contributed by atoms with Crippen LogP contribution in [0.4, 0.5) is 0 Å². The summed E-state index contributed by atoms with van der Waals surface area (Å²) in [4.78, 5) is 24.1. The van der Waals surface area contributed by atoms with E-state index in [9.17, 15) is 14.7 Å². The van der Waals surface area contributed by atoms with E-state index >= 15 is 0 Å². The smallest absolute Gasteiger partial charge is 0.306 e. The minimum Gasteiger partial charge on any atom is -0.462 e. The molecule has 40 heavy (non-hydrogen) atoms. The van der Waals surface area contributed by atoms with E-state index < -0.39 is 6.10 Å². The van der Waals surface area contributed by atoms with Gasteiger partial charge < -0.3 is 14.6 Å². The minimum atomic E-state index is -0.781. The van der Waals surface area contributed by atoms with Gasteiger partial charge in [-0.05, 0) is 64.2 Å². The van der Waals surface area contributed by atoms with Crippen molar-refractivity contribution in [3.8, 4) is 0 Å². The average molecular weight is 561 g/mol. The van der Waals surface area contributed by atoms with Gasteiger partial charge in [0.05, 0.1) is 6.61 Å². The Kier molecular flexibility index (Phi) is 29.7. The Labute approximate surface area is 246 Å². The molecule has 1 atom stereocenters. The number of hydrogen-bond acceptors (Lipinski definition) is 5. The molecule has 0 aliphatic rings. The number of carbonyl (C=O) groups excluding carboxylic acids is 2. The summed E-state index contributed by atoms with van der Waals surface area (Å²) in [5.74, 6) is -0.629. The SMILES string of the molecule is CCC=CCC=CCC=CCCCCCCCC(=O)OC(CO)COC(=O)CCCCCCCC=CCCCC. The first-order valence-electron chi connectivity index (χ1n) is 16.2. The van der Waals surface area contributed by atoms with Crippen LogP contribution in [0.15, 0.2) is 48.6 Å². The summed E-state index contributed by atoms with van der Waals surface area (Å²) in [5.41, 5.74) is 0. The Balaban J connectivity index is 3.65. The van der Waals surface area contributed by atoms with Crippen LogP contribution in [0, 0.1) is 0 Å². The van der Waals surface area contributed by atoms with Gasteiger partial charge in [-0.2, -0.15) is 0 Å². The standard InChI is InChI=1S/C35H60O5/c1-3-5-7-9-11-13-15-16-17-18-20-22-24-26-28-30-35(38)40-33(31-36)32-39-34(37)29-27-25-23-21-19-14-12-10-8-6-4-2/h5,7,10-13,16-17,33,36H,3-4,6,8-9,14-15,18-32H2,1-2H3. The quantitative estimate of drug-likeness (QED) is 0.0586. The maximum absolute atomic E-state index is 12.1. The fourth-order valence-corrected chi connectivity index (χ4v) is 4.13. The Bertz CT molecular complexity index is 692. The summed E-state index contributed by atoms with van der Waals surface area (Å²) < 4.78 is 10.5. The highest BCUT2D eigenvalue weighted by Gasteiger charge is 2.16. The van der Waals surface area contributed by atoms with Crippen LogP contribution in [0.5, 0.6) is 0 Å². The maximum atomic E-state index is 12.1. The van der Waals surface area contributed by atoms with Crippen molar-refractivity contribution in [2.24, 2.45) is 0 Å². The molecular formula is C35H60O5. The minimum absolute atomic E-state index is 0.0787. The molecule has 0 aromatic heterocycles. The van der Waals surface area contributed by atoms with Crippen molar-refractivity contribution in [2.75, 3.05) is 13.2 Å². The van der Waals surface area contributed by atoms with Gasteiger partial charge in [-0.1, -0.05) is 114 Å². The molecule has 0 saturated carbocycles. The van der Waals surface area contributed by atoms with Crippen molar-refractivity contribution in [3.63, 3.8) is 0 Å². The van der Waals surface area contributed by atoms with Gasteiger partial charge in [-0.15, -0.1) is 0 Å². The van der Waals surface area contributed by atoms with Crippen LogP contribution in [0.3, 0.4) is 0 Å². The lowest BCUT2D eigenvalue weighted by molar-refractivity contribution is -0.161. The van der Waals surface area contributed by atoms with Gasteiger partial charge in [-0.25, -0.2) is 0 Å². The fourth-order valence-electron chi connectivity index (χ4n) is 4.13. The van der Waals surface area contributed by atoms with E-state index in [1.54, 1.807) is 0 Å². The molecule has 0 amide bonds. The zero-order valence-electron chi connectivity index (χ0n) is 25.8. The molecule has 1 N–H and O–H groups in total.